The number of para-hydroxylation sites is 1. The molecule has 3 aromatic rings. The fourth-order valence-corrected chi connectivity index (χ4v) is 3.41. The Labute approximate surface area is 148 Å². The highest BCUT2D eigenvalue weighted by Crippen LogP contribution is 2.31. The zero-order valence-electron chi connectivity index (χ0n) is 12.6. The largest absolute Gasteiger partial charge is 0.475 e. The minimum absolute atomic E-state index is 0.0531. The van der Waals surface area contributed by atoms with Crippen molar-refractivity contribution < 1.29 is 22.7 Å². The topological polar surface area (TPSA) is 96.6 Å². The first-order valence-electron chi connectivity index (χ1n) is 7.08. The number of benzene rings is 2. The molecule has 0 aliphatic heterocycles. The number of carboxylic acids is 1. The van der Waals surface area contributed by atoms with E-state index >= 15 is 0 Å². The Bertz CT molecular complexity index is 1030. The number of furan rings is 1. The predicted molar refractivity (Wildman–Crippen MR) is 93.4 cm³/mol. The van der Waals surface area contributed by atoms with E-state index < -0.39 is 16.0 Å². The van der Waals surface area contributed by atoms with E-state index in [1.807, 2.05) is 0 Å². The molecule has 0 spiro atoms. The summed E-state index contributed by atoms with van der Waals surface area (Å²) in [4.78, 5) is 11.0. The van der Waals surface area contributed by atoms with E-state index in [-0.39, 0.29) is 22.1 Å². The highest BCUT2D eigenvalue weighted by Gasteiger charge is 2.18. The van der Waals surface area contributed by atoms with Crippen molar-refractivity contribution in [2.75, 3.05) is 4.72 Å². The number of halogens is 1. The zero-order chi connectivity index (χ0) is 18.0. The normalized spacial score (nSPS) is 11.2. The van der Waals surface area contributed by atoms with Gasteiger partial charge in [0.05, 0.1) is 10.6 Å². The van der Waals surface area contributed by atoms with Crippen LogP contribution < -0.4 is 4.72 Å². The third-order valence-corrected chi connectivity index (χ3v) is 5.01. The number of aromatic carboxylic acids is 1. The van der Waals surface area contributed by atoms with Gasteiger partial charge in [-0.3, -0.25) is 4.72 Å². The summed E-state index contributed by atoms with van der Waals surface area (Å²) < 4.78 is 32.8. The van der Waals surface area contributed by atoms with Gasteiger partial charge < -0.3 is 9.52 Å². The first-order chi connectivity index (χ1) is 11.9. The van der Waals surface area contributed by atoms with Crippen LogP contribution in [-0.2, 0) is 10.0 Å². The molecule has 0 atom stereocenters. The van der Waals surface area contributed by atoms with Crippen molar-refractivity contribution >= 4 is 33.3 Å². The lowest BCUT2D eigenvalue weighted by atomic mass is 10.1. The molecule has 0 saturated carbocycles. The highest BCUT2D eigenvalue weighted by molar-refractivity contribution is 7.92. The second kappa shape index (κ2) is 6.62. The molecule has 0 aliphatic rings. The molecule has 0 fully saturated rings. The van der Waals surface area contributed by atoms with Crippen molar-refractivity contribution in [1.29, 1.82) is 0 Å². The van der Waals surface area contributed by atoms with Crippen LogP contribution in [0.3, 0.4) is 0 Å². The number of carboxylic acid groups (broad SMARTS) is 1. The average molecular weight is 378 g/mol. The molecule has 6 nitrogen and oxygen atoms in total. The van der Waals surface area contributed by atoms with E-state index in [1.54, 1.807) is 24.3 Å². The van der Waals surface area contributed by atoms with Crippen LogP contribution in [-0.4, -0.2) is 19.5 Å². The monoisotopic (exact) mass is 377 g/mol. The quantitative estimate of drug-likeness (QED) is 0.697. The molecule has 128 valence electrons. The van der Waals surface area contributed by atoms with E-state index in [1.165, 1.54) is 36.4 Å². The summed E-state index contributed by atoms with van der Waals surface area (Å²) in [6, 6.07) is 15.1. The second-order valence-corrected chi connectivity index (χ2v) is 7.19. The van der Waals surface area contributed by atoms with Crippen molar-refractivity contribution in [1.82, 2.24) is 0 Å². The number of rotatable bonds is 5. The molecular formula is C17H12ClNO5S. The Morgan fingerprint density at radius 1 is 1.00 bits per heavy atom. The average Bonchev–Trinajstić information content (AvgIpc) is 3.05. The maximum atomic E-state index is 12.5. The number of hydrogen-bond acceptors (Lipinski definition) is 4. The number of sulfonamides is 1. The molecule has 2 N–H and O–H groups in total. The van der Waals surface area contributed by atoms with Gasteiger partial charge in [-0.2, -0.15) is 0 Å². The maximum Gasteiger partial charge on any atom is 0.371 e. The van der Waals surface area contributed by atoms with E-state index in [2.05, 4.69) is 4.72 Å². The zero-order valence-corrected chi connectivity index (χ0v) is 14.2. The van der Waals surface area contributed by atoms with E-state index in [4.69, 9.17) is 21.1 Å². The number of anilines is 1. The predicted octanol–water partition coefficient (Wildman–Crippen LogP) is 4.10. The molecule has 25 heavy (non-hydrogen) atoms. The van der Waals surface area contributed by atoms with Gasteiger partial charge in [-0.05, 0) is 48.5 Å². The molecule has 3 rings (SSSR count). The molecule has 0 saturated heterocycles. The van der Waals surface area contributed by atoms with Crippen molar-refractivity contribution in [2.45, 2.75) is 4.90 Å². The van der Waals surface area contributed by atoms with Gasteiger partial charge in [0.25, 0.3) is 10.0 Å². The van der Waals surface area contributed by atoms with E-state index in [0.29, 0.717) is 10.6 Å². The lowest BCUT2D eigenvalue weighted by Gasteiger charge is -2.11. The Hall–Kier alpha value is -2.77. The summed E-state index contributed by atoms with van der Waals surface area (Å²) in [5.41, 5.74) is 0.691. The molecular weight excluding hydrogens is 366 g/mol. The number of carbonyl (C=O) groups is 1. The van der Waals surface area contributed by atoms with Crippen molar-refractivity contribution in [3.8, 4) is 11.3 Å². The molecule has 8 heteroatoms. The Balaban J connectivity index is 1.98. The second-order valence-electron chi connectivity index (χ2n) is 5.07. The van der Waals surface area contributed by atoms with E-state index in [9.17, 15) is 13.2 Å². The van der Waals surface area contributed by atoms with Crippen LogP contribution in [0, 0.1) is 0 Å². The van der Waals surface area contributed by atoms with Gasteiger partial charge in [-0.15, -0.1) is 0 Å². The molecule has 2 aromatic carbocycles. The third kappa shape index (κ3) is 3.67. The Morgan fingerprint density at radius 2 is 1.68 bits per heavy atom. The number of hydrogen-bond donors (Lipinski definition) is 2. The lowest BCUT2D eigenvalue weighted by molar-refractivity contribution is 0.0663. The van der Waals surface area contributed by atoms with Crippen LogP contribution >= 0.6 is 11.6 Å². The van der Waals surface area contributed by atoms with Gasteiger partial charge in [0.15, 0.2) is 0 Å². The summed E-state index contributed by atoms with van der Waals surface area (Å²) >= 11 is 5.78. The van der Waals surface area contributed by atoms with Gasteiger partial charge in [-0.25, -0.2) is 13.2 Å². The summed E-state index contributed by atoms with van der Waals surface area (Å²) in [6.07, 6.45) is 0. The van der Waals surface area contributed by atoms with Crippen molar-refractivity contribution in [3.05, 3.63) is 71.4 Å². The Morgan fingerprint density at radius 3 is 2.32 bits per heavy atom. The van der Waals surface area contributed by atoms with Crippen molar-refractivity contribution in [3.63, 3.8) is 0 Å². The van der Waals surface area contributed by atoms with Crippen LogP contribution in [0.2, 0.25) is 5.02 Å². The SMILES string of the molecule is O=C(O)c1ccc(-c2ccccc2NS(=O)(=O)c2ccc(Cl)cc2)o1. The molecule has 1 heterocycles. The summed E-state index contributed by atoms with van der Waals surface area (Å²) in [5, 5.41) is 9.38. The van der Waals surface area contributed by atoms with Gasteiger partial charge in [0, 0.05) is 10.6 Å². The smallest absolute Gasteiger partial charge is 0.371 e. The minimum atomic E-state index is -3.84. The maximum absolute atomic E-state index is 12.5. The lowest BCUT2D eigenvalue weighted by Crippen LogP contribution is -2.13. The molecule has 0 radical (unpaired) electrons. The summed E-state index contributed by atoms with van der Waals surface area (Å²) in [7, 11) is -3.84. The van der Waals surface area contributed by atoms with Gasteiger partial charge in [0.2, 0.25) is 5.76 Å². The summed E-state index contributed by atoms with van der Waals surface area (Å²) in [6.45, 7) is 0. The van der Waals surface area contributed by atoms with Crippen molar-refractivity contribution in [2.24, 2.45) is 0 Å². The molecule has 0 unspecified atom stereocenters. The summed E-state index contributed by atoms with van der Waals surface area (Å²) in [5.74, 6) is -1.19. The minimum Gasteiger partial charge on any atom is -0.475 e. The van der Waals surface area contributed by atoms with Crippen LogP contribution in [0.15, 0.2) is 70.0 Å². The number of nitrogens with one attached hydrogen (secondary N) is 1. The van der Waals surface area contributed by atoms with Gasteiger partial charge in [0.1, 0.15) is 5.76 Å². The van der Waals surface area contributed by atoms with Crippen LogP contribution in [0.4, 0.5) is 5.69 Å². The van der Waals surface area contributed by atoms with Gasteiger partial charge in [-0.1, -0.05) is 23.7 Å². The van der Waals surface area contributed by atoms with Crippen LogP contribution in [0.25, 0.3) is 11.3 Å². The standard InChI is InChI=1S/C17H12ClNO5S/c18-11-5-7-12(8-6-11)25(22,23)19-14-4-2-1-3-13(14)15-9-10-16(24-15)17(20)21/h1-10,19H,(H,20,21). The third-order valence-electron chi connectivity index (χ3n) is 3.38. The van der Waals surface area contributed by atoms with E-state index in [0.717, 1.165) is 0 Å². The fourth-order valence-electron chi connectivity index (χ4n) is 2.20. The Kier molecular flexibility index (Phi) is 4.52. The molecule has 1 aromatic heterocycles. The fraction of sp³-hybridized carbons (Fsp3) is 0. The van der Waals surface area contributed by atoms with Crippen LogP contribution in [0.5, 0.6) is 0 Å². The first-order valence-corrected chi connectivity index (χ1v) is 8.94. The highest BCUT2D eigenvalue weighted by atomic mass is 35.5. The molecule has 0 bridgehead atoms. The molecule has 0 aliphatic carbocycles. The first kappa shape index (κ1) is 17.1. The van der Waals surface area contributed by atoms with Gasteiger partial charge >= 0.3 is 5.97 Å². The molecule has 0 amide bonds. The van der Waals surface area contributed by atoms with Crippen LogP contribution in [0.1, 0.15) is 10.6 Å².